The fraction of sp³-hybridized carbons (Fsp3) is 0.917. The zero-order valence-electron chi connectivity index (χ0n) is 9.56. The second kappa shape index (κ2) is 11.0. The summed E-state index contributed by atoms with van der Waals surface area (Å²) in [5, 5.41) is 0. The minimum absolute atomic E-state index is 0.674. The average molecular weight is 215 g/mol. The summed E-state index contributed by atoms with van der Waals surface area (Å²) in [5.41, 5.74) is 5.42. The predicted molar refractivity (Wildman–Crippen MR) is 68.6 cm³/mol. The van der Waals surface area contributed by atoms with Gasteiger partial charge < -0.3 is 5.73 Å². The Labute approximate surface area is 94.5 Å². The summed E-state index contributed by atoms with van der Waals surface area (Å²) in [4.78, 5) is 0.674. The SMILES string of the molecule is CCCCCCCCCCCC(N)=S. The molecule has 0 aliphatic rings. The summed E-state index contributed by atoms with van der Waals surface area (Å²) in [7, 11) is 0. The molecule has 0 rings (SSSR count). The van der Waals surface area contributed by atoms with Crippen molar-refractivity contribution in [1.29, 1.82) is 0 Å². The van der Waals surface area contributed by atoms with Crippen molar-refractivity contribution in [3.05, 3.63) is 0 Å². The monoisotopic (exact) mass is 215 g/mol. The van der Waals surface area contributed by atoms with Crippen LogP contribution in [-0.4, -0.2) is 4.99 Å². The van der Waals surface area contributed by atoms with E-state index in [2.05, 4.69) is 6.92 Å². The third kappa shape index (κ3) is 11.9. The van der Waals surface area contributed by atoms with E-state index in [0.29, 0.717) is 4.99 Å². The summed E-state index contributed by atoms with van der Waals surface area (Å²) in [5.74, 6) is 0. The van der Waals surface area contributed by atoms with E-state index in [9.17, 15) is 0 Å². The van der Waals surface area contributed by atoms with Crippen molar-refractivity contribution < 1.29 is 0 Å². The van der Waals surface area contributed by atoms with Crippen molar-refractivity contribution in [2.45, 2.75) is 71.1 Å². The molecule has 0 radical (unpaired) electrons. The number of nitrogens with two attached hydrogens (primary N) is 1. The van der Waals surface area contributed by atoms with Gasteiger partial charge in [0.15, 0.2) is 0 Å². The number of unbranched alkanes of at least 4 members (excludes halogenated alkanes) is 8. The van der Waals surface area contributed by atoms with Crippen LogP contribution < -0.4 is 5.73 Å². The highest BCUT2D eigenvalue weighted by Crippen LogP contribution is 2.10. The van der Waals surface area contributed by atoms with Crippen LogP contribution in [0.3, 0.4) is 0 Å². The zero-order chi connectivity index (χ0) is 10.6. The molecule has 0 unspecified atom stereocenters. The second-order valence-corrected chi connectivity index (χ2v) is 4.57. The smallest absolute Gasteiger partial charge is 0.0727 e. The molecular formula is C12H25NS. The van der Waals surface area contributed by atoms with Gasteiger partial charge >= 0.3 is 0 Å². The molecule has 0 spiro atoms. The van der Waals surface area contributed by atoms with Gasteiger partial charge in [-0.1, -0.05) is 70.5 Å². The van der Waals surface area contributed by atoms with Gasteiger partial charge in [0, 0.05) is 0 Å². The third-order valence-electron chi connectivity index (χ3n) is 2.53. The van der Waals surface area contributed by atoms with Gasteiger partial charge in [-0.3, -0.25) is 0 Å². The molecule has 2 heteroatoms. The maximum atomic E-state index is 5.42. The van der Waals surface area contributed by atoms with Crippen LogP contribution >= 0.6 is 12.2 Å². The van der Waals surface area contributed by atoms with Crippen molar-refractivity contribution in [1.82, 2.24) is 0 Å². The van der Waals surface area contributed by atoms with E-state index in [1.54, 1.807) is 0 Å². The first kappa shape index (κ1) is 13.9. The lowest BCUT2D eigenvalue weighted by Gasteiger charge is -2.01. The molecule has 84 valence electrons. The Kier molecular flexibility index (Phi) is 10.9. The van der Waals surface area contributed by atoms with E-state index in [1.165, 1.54) is 57.8 Å². The number of hydrogen-bond acceptors (Lipinski definition) is 1. The minimum atomic E-state index is 0.674. The molecule has 0 amide bonds. The quantitative estimate of drug-likeness (QED) is 0.437. The Hall–Kier alpha value is -0.110. The molecule has 0 aromatic heterocycles. The van der Waals surface area contributed by atoms with Gasteiger partial charge in [-0.2, -0.15) is 0 Å². The Morgan fingerprint density at radius 1 is 0.857 bits per heavy atom. The van der Waals surface area contributed by atoms with Gasteiger partial charge in [0.1, 0.15) is 0 Å². The predicted octanol–water partition coefficient (Wildman–Crippen LogP) is 4.19. The first-order valence-electron chi connectivity index (χ1n) is 6.05. The lowest BCUT2D eigenvalue weighted by atomic mass is 10.1. The van der Waals surface area contributed by atoms with Crippen LogP contribution in [-0.2, 0) is 0 Å². The molecule has 14 heavy (non-hydrogen) atoms. The maximum Gasteiger partial charge on any atom is 0.0727 e. The largest absolute Gasteiger partial charge is 0.393 e. The van der Waals surface area contributed by atoms with Crippen LogP contribution in [0.4, 0.5) is 0 Å². The Bertz CT molecular complexity index is 134. The van der Waals surface area contributed by atoms with E-state index < -0.39 is 0 Å². The van der Waals surface area contributed by atoms with E-state index >= 15 is 0 Å². The molecule has 0 bridgehead atoms. The van der Waals surface area contributed by atoms with Gasteiger partial charge in [-0.05, 0) is 12.8 Å². The van der Waals surface area contributed by atoms with Crippen molar-refractivity contribution in [3.8, 4) is 0 Å². The fourth-order valence-electron chi connectivity index (χ4n) is 1.61. The van der Waals surface area contributed by atoms with Crippen LogP contribution in [0.25, 0.3) is 0 Å². The van der Waals surface area contributed by atoms with Crippen molar-refractivity contribution in [2.24, 2.45) is 5.73 Å². The molecule has 0 atom stereocenters. The van der Waals surface area contributed by atoms with Crippen LogP contribution in [0.2, 0.25) is 0 Å². The van der Waals surface area contributed by atoms with Crippen LogP contribution in [0, 0.1) is 0 Å². The highest BCUT2D eigenvalue weighted by atomic mass is 32.1. The molecule has 0 aromatic carbocycles. The van der Waals surface area contributed by atoms with Crippen molar-refractivity contribution in [2.75, 3.05) is 0 Å². The van der Waals surface area contributed by atoms with E-state index in [0.717, 1.165) is 6.42 Å². The van der Waals surface area contributed by atoms with E-state index in [4.69, 9.17) is 18.0 Å². The molecule has 1 nitrogen and oxygen atoms in total. The molecule has 0 heterocycles. The second-order valence-electron chi connectivity index (χ2n) is 4.04. The van der Waals surface area contributed by atoms with Gasteiger partial charge in [-0.15, -0.1) is 0 Å². The summed E-state index contributed by atoms with van der Waals surface area (Å²) in [6, 6.07) is 0. The van der Waals surface area contributed by atoms with Gasteiger partial charge in [0.25, 0.3) is 0 Å². The molecular weight excluding hydrogens is 190 g/mol. The molecule has 0 aliphatic carbocycles. The number of thiocarbonyl (C=S) groups is 1. The maximum absolute atomic E-state index is 5.42. The molecule has 2 N–H and O–H groups in total. The molecule has 0 saturated carbocycles. The van der Waals surface area contributed by atoms with Gasteiger partial charge in [0.05, 0.1) is 4.99 Å². The summed E-state index contributed by atoms with van der Waals surface area (Å²) in [6.07, 6.45) is 13.2. The van der Waals surface area contributed by atoms with Crippen molar-refractivity contribution >= 4 is 17.2 Å². The zero-order valence-corrected chi connectivity index (χ0v) is 10.4. The standard InChI is InChI=1S/C12H25NS/c1-2-3-4-5-6-7-8-9-10-11-12(13)14/h2-11H2,1H3,(H2,13,14). The highest BCUT2D eigenvalue weighted by Gasteiger charge is 1.93. The number of hydrogen-bond donors (Lipinski definition) is 1. The lowest BCUT2D eigenvalue weighted by Crippen LogP contribution is -2.06. The van der Waals surface area contributed by atoms with Crippen molar-refractivity contribution in [3.63, 3.8) is 0 Å². The Morgan fingerprint density at radius 3 is 1.71 bits per heavy atom. The molecule has 0 fully saturated rings. The Morgan fingerprint density at radius 2 is 1.29 bits per heavy atom. The normalized spacial score (nSPS) is 10.4. The first-order chi connectivity index (χ1) is 6.77. The highest BCUT2D eigenvalue weighted by molar-refractivity contribution is 7.80. The Balaban J connectivity index is 2.88. The summed E-state index contributed by atoms with van der Waals surface area (Å²) >= 11 is 4.82. The summed E-state index contributed by atoms with van der Waals surface area (Å²) < 4.78 is 0. The van der Waals surface area contributed by atoms with E-state index in [1.807, 2.05) is 0 Å². The average Bonchev–Trinajstić information content (AvgIpc) is 2.15. The third-order valence-corrected chi connectivity index (χ3v) is 2.73. The van der Waals surface area contributed by atoms with Crippen LogP contribution in [0.5, 0.6) is 0 Å². The summed E-state index contributed by atoms with van der Waals surface area (Å²) in [6.45, 7) is 2.26. The van der Waals surface area contributed by atoms with E-state index in [-0.39, 0.29) is 0 Å². The van der Waals surface area contributed by atoms with Gasteiger partial charge in [-0.25, -0.2) is 0 Å². The van der Waals surface area contributed by atoms with Gasteiger partial charge in [0.2, 0.25) is 0 Å². The van der Waals surface area contributed by atoms with Crippen LogP contribution in [0.1, 0.15) is 71.1 Å². The first-order valence-corrected chi connectivity index (χ1v) is 6.46. The molecule has 0 saturated heterocycles. The number of rotatable bonds is 10. The lowest BCUT2D eigenvalue weighted by molar-refractivity contribution is 0.568. The molecule has 0 aliphatic heterocycles. The topological polar surface area (TPSA) is 26.0 Å². The van der Waals surface area contributed by atoms with Crippen LogP contribution in [0.15, 0.2) is 0 Å². The fourth-order valence-corrected chi connectivity index (χ4v) is 1.75. The minimum Gasteiger partial charge on any atom is -0.393 e. The molecule has 0 aromatic rings.